The van der Waals surface area contributed by atoms with E-state index in [-0.39, 0.29) is 11.8 Å². The quantitative estimate of drug-likeness (QED) is 0.851. The van der Waals surface area contributed by atoms with Gasteiger partial charge in [-0.05, 0) is 68.3 Å². The number of carbonyl (C=O) groups excluding carboxylic acids is 2. The minimum Gasteiger partial charge on any atom is -0.494 e. The third-order valence-electron chi connectivity index (χ3n) is 4.63. The van der Waals surface area contributed by atoms with Gasteiger partial charge in [-0.15, -0.1) is 11.8 Å². The SMILES string of the molecule is CCOc1ccc(C(=O)N2CSCC2C(=O)Nc2ccc(C)c(C)c2)cc1. The van der Waals surface area contributed by atoms with Crippen LogP contribution in [-0.4, -0.2) is 41.0 Å². The van der Waals surface area contributed by atoms with Gasteiger partial charge in [-0.1, -0.05) is 6.07 Å². The number of nitrogens with one attached hydrogen (secondary N) is 1. The normalized spacial score (nSPS) is 16.3. The molecule has 1 atom stereocenters. The number of ether oxygens (including phenoxy) is 1. The van der Waals surface area contributed by atoms with Gasteiger partial charge in [-0.2, -0.15) is 0 Å². The second-order valence-electron chi connectivity index (χ2n) is 6.54. The average molecular weight is 385 g/mol. The van der Waals surface area contributed by atoms with Crippen LogP contribution < -0.4 is 10.1 Å². The Balaban J connectivity index is 1.70. The molecule has 0 aromatic heterocycles. The largest absolute Gasteiger partial charge is 0.494 e. The van der Waals surface area contributed by atoms with E-state index in [2.05, 4.69) is 5.32 Å². The molecule has 142 valence electrons. The predicted octanol–water partition coefficient (Wildman–Crippen LogP) is 3.86. The molecule has 1 aliphatic heterocycles. The monoisotopic (exact) mass is 384 g/mol. The zero-order chi connectivity index (χ0) is 19.4. The van der Waals surface area contributed by atoms with Crippen LogP contribution in [0.25, 0.3) is 0 Å². The Hall–Kier alpha value is -2.47. The van der Waals surface area contributed by atoms with Crippen LogP contribution in [0.3, 0.4) is 0 Å². The summed E-state index contributed by atoms with van der Waals surface area (Å²) in [7, 11) is 0. The van der Waals surface area contributed by atoms with Crippen molar-refractivity contribution in [1.29, 1.82) is 0 Å². The molecule has 6 heteroatoms. The molecule has 0 bridgehead atoms. The second kappa shape index (κ2) is 8.48. The van der Waals surface area contributed by atoms with E-state index in [9.17, 15) is 9.59 Å². The fraction of sp³-hybridized carbons (Fsp3) is 0.333. The van der Waals surface area contributed by atoms with Gasteiger partial charge < -0.3 is 15.0 Å². The Morgan fingerprint density at radius 2 is 1.89 bits per heavy atom. The van der Waals surface area contributed by atoms with E-state index >= 15 is 0 Å². The third kappa shape index (κ3) is 4.45. The molecule has 3 rings (SSSR count). The van der Waals surface area contributed by atoms with Gasteiger partial charge in [0.25, 0.3) is 5.91 Å². The summed E-state index contributed by atoms with van der Waals surface area (Å²) in [6.45, 7) is 6.54. The van der Waals surface area contributed by atoms with Gasteiger partial charge in [-0.25, -0.2) is 0 Å². The molecule has 1 unspecified atom stereocenters. The van der Waals surface area contributed by atoms with Gasteiger partial charge in [-0.3, -0.25) is 9.59 Å². The Kier molecular flexibility index (Phi) is 6.06. The van der Waals surface area contributed by atoms with Crippen molar-refractivity contribution in [3.8, 4) is 5.75 Å². The molecule has 0 radical (unpaired) electrons. The third-order valence-corrected chi connectivity index (χ3v) is 5.64. The summed E-state index contributed by atoms with van der Waals surface area (Å²) in [5.74, 6) is 1.55. The highest BCUT2D eigenvalue weighted by molar-refractivity contribution is 7.99. The first-order valence-corrected chi connectivity index (χ1v) is 10.1. The minimum atomic E-state index is -0.476. The van der Waals surface area contributed by atoms with E-state index in [1.54, 1.807) is 40.9 Å². The predicted molar refractivity (Wildman–Crippen MR) is 109 cm³/mol. The van der Waals surface area contributed by atoms with Crippen LogP contribution >= 0.6 is 11.8 Å². The number of nitrogens with zero attached hydrogens (tertiary/aromatic N) is 1. The summed E-state index contributed by atoms with van der Waals surface area (Å²) in [6, 6.07) is 12.4. The van der Waals surface area contributed by atoms with Crippen molar-refractivity contribution in [1.82, 2.24) is 4.90 Å². The fourth-order valence-electron chi connectivity index (χ4n) is 2.93. The van der Waals surface area contributed by atoms with Crippen LogP contribution in [0.1, 0.15) is 28.4 Å². The van der Waals surface area contributed by atoms with Crippen molar-refractivity contribution in [3.05, 3.63) is 59.2 Å². The summed E-state index contributed by atoms with van der Waals surface area (Å²) in [6.07, 6.45) is 0. The number of hydrogen-bond acceptors (Lipinski definition) is 4. The lowest BCUT2D eigenvalue weighted by atomic mass is 10.1. The number of carbonyl (C=O) groups is 2. The molecule has 2 amide bonds. The number of anilines is 1. The minimum absolute atomic E-state index is 0.136. The van der Waals surface area contributed by atoms with Crippen LogP contribution in [0.2, 0.25) is 0 Å². The van der Waals surface area contributed by atoms with Gasteiger partial charge in [0.1, 0.15) is 11.8 Å². The highest BCUT2D eigenvalue weighted by Gasteiger charge is 2.35. The van der Waals surface area contributed by atoms with Crippen molar-refractivity contribution >= 4 is 29.3 Å². The second-order valence-corrected chi connectivity index (χ2v) is 7.54. The van der Waals surface area contributed by atoms with Crippen LogP contribution in [0.15, 0.2) is 42.5 Å². The molecule has 0 aliphatic carbocycles. The lowest BCUT2D eigenvalue weighted by Gasteiger charge is -2.23. The molecule has 1 saturated heterocycles. The lowest BCUT2D eigenvalue weighted by Crippen LogP contribution is -2.44. The zero-order valence-corrected chi connectivity index (χ0v) is 16.6. The van der Waals surface area contributed by atoms with Crippen molar-refractivity contribution in [2.24, 2.45) is 0 Å². The van der Waals surface area contributed by atoms with Gasteiger partial charge in [0, 0.05) is 17.0 Å². The first-order valence-electron chi connectivity index (χ1n) is 8.99. The highest BCUT2D eigenvalue weighted by atomic mass is 32.2. The van der Waals surface area contributed by atoms with Crippen molar-refractivity contribution in [3.63, 3.8) is 0 Å². The summed E-state index contributed by atoms with van der Waals surface area (Å²) in [5, 5.41) is 2.95. The molecule has 2 aromatic carbocycles. The summed E-state index contributed by atoms with van der Waals surface area (Å²) in [5.41, 5.74) is 3.62. The maximum absolute atomic E-state index is 12.9. The number of benzene rings is 2. The standard InChI is InChI=1S/C21H24N2O3S/c1-4-26-18-9-6-16(7-10-18)21(25)23-13-27-12-19(23)20(24)22-17-8-5-14(2)15(3)11-17/h5-11,19H,4,12-13H2,1-3H3,(H,22,24). The number of amides is 2. The molecule has 0 spiro atoms. The Labute approximate surface area is 164 Å². The van der Waals surface area contributed by atoms with E-state index in [0.717, 1.165) is 17.0 Å². The van der Waals surface area contributed by atoms with Crippen LogP contribution in [0.5, 0.6) is 5.75 Å². The van der Waals surface area contributed by atoms with Crippen molar-refractivity contribution in [2.45, 2.75) is 26.8 Å². The number of hydrogen-bond donors (Lipinski definition) is 1. The molecule has 0 saturated carbocycles. The van der Waals surface area contributed by atoms with Crippen molar-refractivity contribution < 1.29 is 14.3 Å². The molecule has 1 N–H and O–H groups in total. The fourth-order valence-corrected chi connectivity index (χ4v) is 4.08. The number of aryl methyl sites for hydroxylation is 2. The number of rotatable bonds is 5. The molecule has 5 nitrogen and oxygen atoms in total. The van der Waals surface area contributed by atoms with Crippen LogP contribution in [0, 0.1) is 13.8 Å². The lowest BCUT2D eigenvalue weighted by molar-refractivity contribution is -0.119. The van der Waals surface area contributed by atoms with Gasteiger partial charge in [0.2, 0.25) is 5.91 Å². The average Bonchev–Trinajstić information content (AvgIpc) is 3.15. The van der Waals surface area contributed by atoms with E-state index in [4.69, 9.17) is 4.74 Å². The first-order chi connectivity index (χ1) is 13.0. The molecule has 27 heavy (non-hydrogen) atoms. The summed E-state index contributed by atoms with van der Waals surface area (Å²) < 4.78 is 5.42. The molecule has 2 aromatic rings. The Morgan fingerprint density at radius 3 is 2.56 bits per heavy atom. The molecule has 1 heterocycles. The number of thioether (sulfide) groups is 1. The van der Waals surface area contributed by atoms with E-state index in [1.807, 2.05) is 39.0 Å². The zero-order valence-electron chi connectivity index (χ0n) is 15.8. The molecule has 1 fully saturated rings. The maximum Gasteiger partial charge on any atom is 0.255 e. The molecular weight excluding hydrogens is 360 g/mol. The van der Waals surface area contributed by atoms with Crippen LogP contribution in [0.4, 0.5) is 5.69 Å². The van der Waals surface area contributed by atoms with E-state index in [1.165, 1.54) is 5.56 Å². The highest BCUT2D eigenvalue weighted by Crippen LogP contribution is 2.25. The molecule has 1 aliphatic rings. The van der Waals surface area contributed by atoms with Gasteiger partial charge >= 0.3 is 0 Å². The summed E-state index contributed by atoms with van der Waals surface area (Å²) in [4.78, 5) is 27.3. The smallest absolute Gasteiger partial charge is 0.255 e. The maximum atomic E-state index is 12.9. The molecular formula is C21H24N2O3S. The Bertz CT molecular complexity index is 836. The first kappa shape index (κ1) is 19.3. The van der Waals surface area contributed by atoms with E-state index < -0.39 is 6.04 Å². The van der Waals surface area contributed by atoms with Crippen molar-refractivity contribution in [2.75, 3.05) is 23.6 Å². The topological polar surface area (TPSA) is 58.6 Å². The summed E-state index contributed by atoms with van der Waals surface area (Å²) >= 11 is 1.59. The Morgan fingerprint density at radius 1 is 1.15 bits per heavy atom. The van der Waals surface area contributed by atoms with Gasteiger partial charge in [0.15, 0.2) is 0 Å². The van der Waals surface area contributed by atoms with E-state index in [0.29, 0.717) is 23.8 Å². The van der Waals surface area contributed by atoms with Crippen LogP contribution in [-0.2, 0) is 4.79 Å². The van der Waals surface area contributed by atoms with Gasteiger partial charge in [0.05, 0.1) is 12.5 Å².